The van der Waals surface area contributed by atoms with Gasteiger partial charge in [0, 0.05) is 31.7 Å². The van der Waals surface area contributed by atoms with E-state index in [-0.39, 0.29) is 0 Å². The average Bonchev–Trinajstić information content (AvgIpc) is 3.05. The van der Waals surface area contributed by atoms with Gasteiger partial charge in [-0.15, -0.1) is 0 Å². The van der Waals surface area contributed by atoms with Gasteiger partial charge in [0.1, 0.15) is 0 Å². The number of aryl methyl sites for hydroxylation is 1. The summed E-state index contributed by atoms with van der Waals surface area (Å²) in [6.07, 6.45) is 3.73. The molecule has 0 aromatic heterocycles. The number of fused-ring (bicyclic) bond motifs is 1. The van der Waals surface area contributed by atoms with Gasteiger partial charge in [-0.3, -0.25) is 4.90 Å². The Morgan fingerprint density at radius 2 is 1.80 bits per heavy atom. The maximum Gasteiger partial charge on any atom is 0.0377 e. The molecule has 0 saturated carbocycles. The molecule has 0 amide bonds. The molecule has 2 nitrogen and oxygen atoms in total. The molecule has 1 aliphatic heterocycles. The first-order valence-electron chi connectivity index (χ1n) is 9.72. The van der Waals surface area contributed by atoms with Crippen LogP contribution in [-0.4, -0.2) is 24.0 Å². The second-order valence-electron chi connectivity index (χ2n) is 8.49. The molecule has 1 aliphatic carbocycles. The Labute approximate surface area is 152 Å². The molecule has 1 saturated heterocycles. The van der Waals surface area contributed by atoms with Crippen LogP contribution in [0.25, 0.3) is 0 Å². The Bertz CT molecular complexity index is 707. The predicted molar refractivity (Wildman–Crippen MR) is 105 cm³/mol. The van der Waals surface area contributed by atoms with Gasteiger partial charge in [0.25, 0.3) is 0 Å². The zero-order chi connectivity index (χ0) is 17.3. The summed E-state index contributed by atoms with van der Waals surface area (Å²) in [4.78, 5) is 2.59. The minimum absolute atomic E-state index is 0.321. The summed E-state index contributed by atoms with van der Waals surface area (Å²) in [5.41, 5.74) is 4.81. The number of hydrogen-bond acceptors (Lipinski definition) is 2. The first kappa shape index (κ1) is 16.8. The van der Waals surface area contributed by atoms with Crippen LogP contribution in [0.1, 0.15) is 49.4 Å². The first-order chi connectivity index (χ1) is 12.1. The molecule has 0 radical (unpaired) electrons. The van der Waals surface area contributed by atoms with Gasteiger partial charge < -0.3 is 5.32 Å². The molecule has 1 heterocycles. The maximum atomic E-state index is 4.04. The molecule has 2 unspecified atom stereocenters. The predicted octanol–water partition coefficient (Wildman–Crippen LogP) is 4.56. The lowest BCUT2D eigenvalue weighted by molar-refractivity contribution is 0.191. The standard InChI is InChI=1S/C23H30N2/c1-23(2)14-12-19-10-6-7-11-21(19)22(23)24-20-13-15-25(17-20)16-18-8-4-3-5-9-18/h3-11,20,22,24H,12-17H2,1-2H3. The van der Waals surface area contributed by atoms with E-state index in [4.69, 9.17) is 0 Å². The average molecular weight is 335 g/mol. The van der Waals surface area contributed by atoms with Crippen LogP contribution in [0.2, 0.25) is 0 Å². The minimum atomic E-state index is 0.321. The fourth-order valence-electron chi connectivity index (χ4n) is 4.57. The smallest absolute Gasteiger partial charge is 0.0377 e. The summed E-state index contributed by atoms with van der Waals surface area (Å²) in [5, 5.41) is 4.04. The van der Waals surface area contributed by atoms with Gasteiger partial charge in [0.05, 0.1) is 0 Å². The molecule has 0 bridgehead atoms. The van der Waals surface area contributed by atoms with Crippen molar-refractivity contribution in [2.24, 2.45) is 5.41 Å². The summed E-state index contributed by atoms with van der Waals surface area (Å²) in [6.45, 7) is 8.28. The minimum Gasteiger partial charge on any atom is -0.305 e. The summed E-state index contributed by atoms with van der Waals surface area (Å²) >= 11 is 0. The van der Waals surface area contributed by atoms with E-state index < -0.39 is 0 Å². The van der Waals surface area contributed by atoms with Crippen molar-refractivity contribution in [3.63, 3.8) is 0 Å². The van der Waals surface area contributed by atoms with E-state index in [2.05, 4.69) is 78.7 Å². The number of likely N-dealkylation sites (tertiary alicyclic amines) is 1. The van der Waals surface area contributed by atoms with Crippen molar-refractivity contribution in [3.05, 3.63) is 71.3 Å². The number of nitrogens with one attached hydrogen (secondary N) is 1. The molecule has 2 aromatic rings. The molecular weight excluding hydrogens is 304 g/mol. The summed E-state index contributed by atoms with van der Waals surface area (Å²) in [7, 11) is 0. The van der Waals surface area contributed by atoms with Gasteiger partial charge in [-0.05, 0) is 41.4 Å². The van der Waals surface area contributed by atoms with Crippen LogP contribution in [0.5, 0.6) is 0 Å². The number of hydrogen-bond donors (Lipinski definition) is 1. The number of rotatable bonds is 4. The van der Waals surface area contributed by atoms with Gasteiger partial charge in [0.15, 0.2) is 0 Å². The SMILES string of the molecule is CC1(C)CCc2ccccc2C1NC1CCN(Cc2ccccc2)C1. The molecule has 1 N–H and O–H groups in total. The number of nitrogens with zero attached hydrogens (tertiary/aromatic N) is 1. The van der Waals surface area contributed by atoms with Crippen LogP contribution in [0, 0.1) is 5.41 Å². The largest absolute Gasteiger partial charge is 0.305 e. The lowest BCUT2D eigenvalue weighted by atomic mass is 9.70. The molecule has 25 heavy (non-hydrogen) atoms. The highest BCUT2D eigenvalue weighted by Gasteiger charge is 2.37. The van der Waals surface area contributed by atoms with Gasteiger partial charge in [-0.1, -0.05) is 68.4 Å². The normalized spacial score (nSPS) is 25.7. The van der Waals surface area contributed by atoms with E-state index in [1.165, 1.54) is 36.9 Å². The van der Waals surface area contributed by atoms with Crippen molar-refractivity contribution in [1.82, 2.24) is 10.2 Å². The second kappa shape index (κ2) is 6.93. The molecule has 1 fully saturated rings. The van der Waals surface area contributed by atoms with E-state index >= 15 is 0 Å². The van der Waals surface area contributed by atoms with Crippen LogP contribution < -0.4 is 5.32 Å². The zero-order valence-corrected chi connectivity index (χ0v) is 15.5. The lowest BCUT2D eigenvalue weighted by Crippen LogP contribution is -2.44. The van der Waals surface area contributed by atoms with Crippen molar-refractivity contribution in [2.45, 2.75) is 51.7 Å². The topological polar surface area (TPSA) is 15.3 Å². The van der Waals surface area contributed by atoms with E-state index in [0.29, 0.717) is 17.5 Å². The van der Waals surface area contributed by atoms with Gasteiger partial charge in [0.2, 0.25) is 0 Å². The van der Waals surface area contributed by atoms with Crippen molar-refractivity contribution in [3.8, 4) is 0 Å². The molecule has 132 valence electrons. The Morgan fingerprint density at radius 3 is 2.64 bits per heavy atom. The molecule has 4 rings (SSSR count). The monoisotopic (exact) mass is 334 g/mol. The fraction of sp³-hybridized carbons (Fsp3) is 0.478. The van der Waals surface area contributed by atoms with E-state index in [0.717, 1.165) is 13.1 Å². The van der Waals surface area contributed by atoms with Crippen molar-refractivity contribution < 1.29 is 0 Å². The second-order valence-corrected chi connectivity index (χ2v) is 8.49. The maximum absolute atomic E-state index is 4.04. The van der Waals surface area contributed by atoms with Gasteiger partial charge >= 0.3 is 0 Å². The van der Waals surface area contributed by atoms with E-state index in [1.807, 2.05) is 0 Å². The van der Waals surface area contributed by atoms with E-state index in [9.17, 15) is 0 Å². The molecule has 2 atom stereocenters. The molecule has 2 aromatic carbocycles. The van der Waals surface area contributed by atoms with Crippen LogP contribution in [0.4, 0.5) is 0 Å². The van der Waals surface area contributed by atoms with Crippen molar-refractivity contribution in [1.29, 1.82) is 0 Å². The third kappa shape index (κ3) is 3.65. The Morgan fingerprint density at radius 1 is 1.04 bits per heavy atom. The number of benzene rings is 2. The van der Waals surface area contributed by atoms with Crippen LogP contribution in [-0.2, 0) is 13.0 Å². The lowest BCUT2D eigenvalue weighted by Gasteiger charge is -2.42. The summed E-state index contributed by atoms with van der Waals surface area (Å²) in [6, 6.07) is 21.0. The Kier molecular flexibility index (Phi) is 4.66. The Hall–Kier alpha value is -1.64. The molecular formula is C23H30N2. The molecule has 2 heteroatoms. The highest BCUT2D eigenvalue weighted by Crippen LogP contribution is 2.43. The fourth-order valence-corrected chi connectivity index (χ4v) is 4.57. The van der Waals surface area contributed by atoms with E-state index in [1.54, 1.807) is 5.56 Å². The van der Waals surface area contributed by atoms with Crippen molar-refractivity contribution >= 4 is 0 Å². The van der Waals surface area contributed by atoms with Crippen molar-refractivity contribution in [2.75, 3.05) is 13.1 Å². The zero-order valence-electron chi connectivity index (χ0n) is 15.5. The van der Waals surface area contributed by atoms with Crippen LogP contribution in [0.3, 0.4) is 0 Å². The summed E-state index contributed by atoms with van der Waals surface area (Å²) in [5.74, 6) is 0. The molecule has 0 spiro atoms. The van der Waals surface area contributed by atoms with Gasteiger partial charge in [-0.25, -0.2) is 0 Å². The summed E-state index contributed by atoms with van der Waals surface area (Å²) < 4.78 is 0. The molecule has 2 aliphatic rings. The highest BCUT2D eigenvalue weighted by atomic mass is 15.2. The Balaban J connectivity index is 1.44. The first-order valence-corrected chi connectivity index (χ1v) is 9.72. The van der Waals surface area contributed by atoms with Crippen LogP contribution in [0.15, 0.2) is 54.6 Å². The quantitative estimate of drug-likeness (QED) is 0.881. The third-order valence-electron chi connectivity index (χ3n) is 6.11. The highest BCUT2D eigenvalue weighted by molar-refractivity contribution is 5.34. The van der Waals surface area contributed by atoms with Crippen LogP contribution >= 0.6 is 0 Å². The third-order valence-corrected chi connectivity index (χ3v) is 6.11. The van der Waals surface area contributed by atoms with Gasteiger partial charge in [-0.2, -0.15) is 0 Å².